The van der Waals surface area contributed by atoms with E-state index in [2.05, 4.69) is 6.58 Å². The van der Waals surface area contributed by atoms with Crippen LogP contribution in [0.5, 0.6) is 0 Å². The Balaban J connectivity index is 2.23. The van der Waals surface area contributed by atoms with Crippen molar-refractivity contribution in [3.05, 3.63) is 48.0 Å². The summed E-state index contributed by atoms with van der Waals surface area (Å²) in [6.07, 6.45) is 0.477. The molecule has 1 aromatic rings. The van der Waals surface area contributed by atoms with Crippen molar-refractivity contribution < 1.29 is 14.3 Å². The first-order valence-corrected chi connectivity index (χ1v) is 5.74. The number of carbonyl (C=O) groups is 2. The monoisotopic (exact) mass is 245 g/mol. The molecule has 4 heteroatoms. The second kappa shape index (κ2) is 5.04. The Kier molecular flexibility index (Phi) is 3.46. The van der Waals surface area contributed by atoms with Gasteiger partial charge in [-0.1, -0.05) is 30.4 Å². The average molecular weight is 245 g/mol. The lowest BCUT2D eigenvalue weighted by atomic mass is 10.1. The molecule has 94 valence electrons. The van der Waals surface area contributed by atoms with E-state index in [1.165, 1.54) is 12.0 Å². The molecule has 18 heavy (non-hydrogen) atoms. The summed E-state index contributed by atoms with van der Waals surface area (Å²) in [5.41, 5.74) is 1.44. The van der Waals surface area contributed by atoms with Crippen LogP contribution in [0, 0.1) is 0 Å². The molecule has 0 saturated carbocycles. The van der Waals surface area contributed by atoms with Gasteiger partial charge in [-0.3, -0.25) is 4.79 Å². The molecule has 1 aliphatic rings. The molecule has 1 amide bonds. The van der Waals surface area contributed by atoms with Crippen LogP contribution in [0.25, 0.3) is 0 Å². The number of nitrogens with zero attached hydrogens (tertiary/aromatic N) is 1. The molecule has 2 rings (SSSR count). The van der Waals surface area contributed by atoms with Crippen LogP contribution in [0.1, 0.15) is 16.8 Å². The zero-order valence-corrected chi connectivity index (χ0v) is 10.3. The maximum Gasteiger partial charge on any atom is 0.328 e. The van der Waals surface area contributed by atoms with E-state index in [4.69, 9.17) is 4.74 Å². The Morgan fingerprint density at radius 1 is 1.33 bits per heavy atom. The van der Waals surface area contributed by atoms with Crippen LogP contribution in [0.4, 0.5) is 0 Å². The first kappa shape index (κ1) is 12.4. The minimum atomic E-state index is -0.546. The second-order valence-corrected chi connectivity index (χ2v) is 4.29. The summed E-state index contributed by atoms with van der Waals surface area (Å²) >= 11 is 0. The lowest BCUT2D eigenvalue weighted by Gasteiger charge is -2.22. The van der Waals surface area contributed by atoms with Gasteiger partial charge in [0.1, 0.15) is 6.04 Å². The van der Waals surface area contributed by atoms with Gasteiger partial charge in [0.2, 0.25) is 0 Å². The fourth-order valence-electron chi connectivity index (χ4n) is 2.11. The molecule has 0 N–H and O–H groups in total. The molecule has 1 heterocycles. The van der Waals surface area contributed by atoms with Gasteiger partial charge >= 0.3 is 5.97 Å². The number of rotatable bonds is 2. The Morgan fingerprint density at radius 2 is 2.00 bits per heavy atom. The van der Waals surface area contributed by atoms with E-state index in [0.717, 1.165) is 5.57 Å². The normalized spacial score (nSPS) is 18.8. The molecule has 0 unspecified atom stereocenters. The molecule has 1 aliphatic heterocycles. The van der Waals surface area contributed by atoms with E-state index in [1.807, 2.05) is 6.07 Å². The summed E-state index contributed by atoms with van der Waals surface area (Å²) in [6, 6.07) is 8.36. The van der Waals surface area contributed by atoms with Crippen molar-refractivity contribution in [1.29, 1.82) is 0 Å². The van der Waals surface area contributed by atoms with Gasteiger partial charge in [0, 0.05) is 18.5 Å². The van der Waals surface area contributed by atoms with Crippen molar-refractivity contribution in [2.24, 2.45) is 0 Å². The van der Waals surface area contributed by atoms with Gasteiger partial charge in [-0.15, -0.1) is 0 Å². The van der Waals surface area contributed by atoms with Gasteiger partial charge in [0.05, 0.1) is 7.11 Å². The highest BCUT2D eigenvalue weighted by Crippen LogP contribution is 2.24. The topological polar surface area (TPSA) is 46.6 Å². The lowest BCUT2D eigenvalue weighted by molar-refractivity contribution is -0.145. The minimum Gasteiger partial charge on any atom is -0.467 e. The molecule has 4 nitrogen and oxygen atoms in total. The Bertz CT molecular complexity index is 481. The number of benzene rings is 1. The van der Waals surface area contributed by atoms with E-state index in [9.17, 15) is 9.59 Å². The maximum absolute atomic E-state index is 12.3. The van der Waals surface area contributed by atoms with Gasteiger partial charge in [-0.2, -0.15) is 0 Å². The summed E-state index contributed by atoms with van der Waals surface area (Å²) in [4.78, 5) is 25.5. The zero-order valence-electron chi connectivity index (χ0n) is 10.3. The third-order valence-corrected chi connectivity index (χ3v) is 3.01. The fourth-order valence-corrected chi connectivity index (χ4v) is 2.11. The third-order valence-electron chi connectivity index (χ3n) is 3.01. The van der Waals surface area contributed by atoms with Crippen LogP contribution in [-0.4, -0.2) is 36.5 Å². The minimum absolute atomic E-state index is 0.162. The quantitative estimate of drug-likeness (QED) is 0.587. The number of carbonyl (C=O) groups excluding carboxylic acids is 2. The number of hydrogen-bond donors (Lipinski definition) is 0. The number of amides is 1. The summed E-state index contributed by atoms with van der Waals surface area (Å²) in [7, 11) is 1.33. The lowest BCUT2D eigenvalue weighted by Crippen LogP contribution is -2.41. The molecular formula is C14H15NO3. The van der Waals surface area contributed by atoms with Crippen molar-refractivity contribution in [2.75, 3.05) is 13.7 Å². The molecule has 1 fully saturated rings. The molecule has 0 aliphatic carbocycles. The number of ether oxygens (including phenoxy) is 1. The molecule has 0 spiro atoms. The van der Waals surface area contributed by atoms with E-state index in [0.29, 0.717) is 18.5 Å². The van der Waals surface area contributed by atoms with Crippen LogP contribution in [-0.2, 0) is 9.53 Å². The molecule has 0 aromatic heterocycles. The van der Waals surface area contributed by atoms with Crippen LogP contribution in [0.3, 0.4) is 0 Å². The zero-order chi connectivity index (χ0) is 13.1. The van der Waals surface area contributed by atoms with Gasteiger partial charge in [0.25, 0.3) is 5.91 Å². The molecule has 1 saturated heterocycles. The smallest absolute Gasteiger partial charge is 0.328 e. The third kappa shape index (κ3) is 2.27. The summed E-state index contributed by atoms with van der Waals surface area (Å²) < 4.78 is 4.72. The van der Waals surface area contributed by atoms with Crippen molar-refractivity contribution >= 4 is 11.9 Å². The van der Waals surface area contributed by atoms with Gasteiger partial charge in [0.15, 0.2) is 0 Å². The Labute approximate surface area is 106 Å². The number of likely N-dealkylation sites (tertiary alicyclic amines) is 1. The Morgan fingerprint density at radius 3 is 2.61 bits per heavy atom. The van der Waals surface area contributed by atoms with E-state index in [1.54, 1.807) is 24.3 Å². The standard InChI is InChI=1S/C14H15NO3/c1-10-8-12(14(17)18-2)15(9-10)13(16)11-6-4-3-5-7-11/h3-7,12H,1,8-9H2,2H3/t12-/m0/s1. The van der Waals surface area contributed by atoms with Gasteiger partial charge in [-0.25, -0.2) is 4.79 Å². The van der Waals surface area contributed by atoms with Gasteiger partial charge < -0.3 is 9.64 Å². The fraction of sp³-hybridized carbons (Fsp3) is 0.286. The van der Waals surface area contributed by atoms with E-state index < -0.39 is 12.0 Å². The number of esters is 1. The van der Waals surface area contributed by atoms with Gasteiger partial charge in [-0.05, 0) is 12.1 Å². The highest BCUT2D eigenvalue weighted by atomic mass is 16.5. The second-order valence-electron chi connectivity index (χ2n) is 4.29. The molecule has 1 aromatic carbocycles. The first-order chi connectivity index (χ1) is 8.63. The van der Waals surface area contributed by atoms with Crippen LogP contribution < -0.4 is 0 Å². The van der Waals surface area contributed by atoms with Crippen LogP contribution in [0.2, 0.25) is 0 Å². The molecule has 1 atom stereocenters. The van der Waals surface area contributed by atoms with Crippen LogP contribution in [0.15, 0.2) is 42.5 Å². The number of hydrogen-bond acceptors (Lipinski definition) is 3. The summed E-state index contributed by atoms with van der Waals surface area (Å²) in [6.45, 7) is 4.26. The molecular weight excluding hydrogens is 230 g/mol. The van der Waals surface area contributed by atoms with Crippen molar-refractivity contribution in [2.45, 2.75) is 12.5 Å². The number of methoxy groups -OCH3 is 1. The highest BCUT2D eigenvalue weighted by Gasteiger charge is 2.36. The maximum atomic E-state index is 12.3. The summed E-state index contributed by atoms with van der Waals surface area (Å²) in [5, 5.41) is 0. The predicted octanol–water partition coefficient (Wildman–Crippen LogP) is 1.63. The van der Waals surface area contributed by atoms with Crippen molar-refractivity contribution in [3.8, 4) is 0 Å². The van der Waals surface area contributed by atoms with E-state index >= 15 is 0 Å². The van der Waals surface area contributed by atoms with Crippen molar-refractivity contribution in [3.63, 3.8) is 0 Å². The average Bonchev–Trinajstić information content (AvgIpc) is 2.80. The van der Waals surface area contributed by atoms with E-state index in [-0.39, 0.29) is 5.91 Å². The van der Waals surface area contributed by atoms with Crippen molar-refractivity contribution in [1.82, 2.24) is 4.90 Å². The predicted molar refractivity (Wildman–Crippen MR) is 67.0 cm³/mol. The highest BCUT2D eigenvalue weighted by molar-refractivity contribution is 5.97. The molecule has 0 radical (unpaired) electrons. The molecule has 0 bridgehead atoms. The first-order valence-electron chi connectivity index (χ1n) is 5.74. The largest absolute Gasteiger partial charge is 0.467 e. The SMILES string of the molecule is C=C1C[C@@H](C(=O)OC)N(C(=O)c2ccccc2)C1. The van der Waals surface area contributed by atoms with Crippen LogP contribution >= 0.6 is 0 Å². The Hall–Kier alpha value is -2.10. The summed E-state index contributed by atoms with van der Waals surface area (Å²) in [5.74, 6) is -0.553.